The van der Waals surface area contributed by atoms with E-state index in [-0.39, 0.29) is 18.4 Å². The lowest BCUT2D eigenvalue weighted by molar-refractivity contribution is -0.114. The number of methoxy groups -OCH3 is 2. The first-order valence-electron chi connectivity index (χ1n) is 10.8. The van der Waals surface area contributed by atoms with Gasteiger partial charge in [-0.25, -0.2) is 9.97 Å². The summed E-state index contributed by atoms with van der Waals surface area (Å²) in [6.07, 6.45) is 0. The molecule has 0 radical (unpaired) electrons. The topological polar surface area (TPSA) is 85.4 Å². The van der Waals surface area contributed by atoms with Crippen LogP contribution in [0.2, 0.25) is 0 Å². The minimum atomic E-state index is -0.280. The Bertz CT molecular complexity index is 1280. The first-order chi connectivity index (χ1) is 16.6. The molecule has 2 N–H and O–H groups in total. The summed E-state index contributed by atoms with van der Waals surface area (Å²) < 4.78 is 10.6. The number of nitrogens with one attached hydrogen (secondary N) is 2. The zero-order valence-corrected chi connectivity index (χ0v) is 19.3. The molecule has 7 nitrogen and oxygen atoms in total. The second-order valence-corrected chi connectivity index (χ2v) is 7.66. The highest BCUT2D eigenvalue weighted by molar-refractivity contribution is 5.93. The molecule has 1 amide bonds. The fourth-order valence-corrected chi connectivity index (χ4v) is 3.42. The number of anilines is 2. The van der Waals surface area contributed by atoms with Gasteiger partial charge in [-0.1, -0.05) is 60.2 Å². The number of hydrogen-bond acceptors (Lipinski definition) is 6. The molecule has 0 fully saturated rings. The number of nitrogens with zero attached hydrogens (tertiary/aromatic N) is 2. The van der Waals surface area contributed by atoms with Crippen molar-refractivity contribution in [2.75, 3.05) is 31.4 Å². The van der Waals surface area contributed by atoms with E-state index < -0.39 is 0 Å². The van der Waals surface area contributed by atoms with Gasteiger partial charge in [0.2, 0.25) is 11.9 Å². The molecule has 7 heteroatoms. The summed E-state index contributed by atoms with van der Waals surface area (Å²) in [7, 11) is 3.15. The number of aromatic nitrogens is 2. The van der Waals surface area contributed by atoms with E-state index in [1.165, 1.54) is 0 Å². The number of hydrogen-bond donors (Lipinski definition) is 2. The number of rotatable bonds is 8. The molecule has 34 heavy (non-hydrogen) atoms. The Balaban J connectivity index is 1.56. The molecule has 4 rings (SSSR count). The number of carbonyl (C=O) groups excluding carboxylic acids is 1. The second-order valence-electron chi connectivity index (χ2n) is 7.66. The Morgan fingerprint density at radius 2 is 1.50 bits per heavy atom. The predicted molar refractivity (Wildman–Crippen MR) is 134 cm³/mol. The smallest absolute Gasteiger partial charge is 0.246 e. The maximum atomic E-state index is 12.7. The molecule has 1 aromatic heterocycles. The largest absolute Gasteiger partial charge is 0.497 e. The molecule has 0 aliphatic heterocycles. The fourth-order valence-electron chi connectivity index (χ4n) is 3.42. The van der Waals surface area contributed by atoms with Gasteiger partial charge in [0, 0.05) is 17.2 Å². The van der Waals surface area contributed by atoms with Gasteiger partial charge in [0.15, 0.2) is 0 Å². The lowest BCUT2D eigenvalue weighted by Gasteiger charge is -2.13. The van der Waals surface area contributed by atoms with Crippen LogP contribution in [0.3, 0.4) is 0 Å². The van der Waals surface area contributed by atoms with Gasteiger partial charge in [0.05, 0.1) is 37.8 Å². The van der Waals surface area contributed by atoms with Crippen molar-refractivity contribution in [2.45, 2.75) is 6.92 Å². The summed E-state index contributed by atoms with van der Waals surface area (Å²) in [5.41, 5.74) is 5.18. The van der Waals surface area contributed by atoms with E-state index in [4.69, 9.17) is 9.47 Å². The van der Waals surface area contributed by atoms with Crippen LogP contribution in [0, 0.1) is 6.92 Å². The van der Waals surface area contributed by atoms with Crippen molar-refractivity contribution in [1.82, 2.24) is 9.97 Å². The van der Waals surface area contributed by atoms with Gasteiger partial charge >= 0.3 is 0 Å². The Morgan fingerprint density at radius 1 is 0.824 bits per heavy atom. The maximum Gasteiger partial charge on any atom is 0.246 e. The third-order valence-electron chi connectivity index (χ3n) is 5.24. The summed E-state index contributed by atoms with van der Waals surface area (Å²) in [5, 5.41) is 5.90. The minimum absolute atomic E-state index is 0.0154. The highest BCUT2D eigenvalue weighted by Crippen LogP contribution is 2.29. The van der Waals surface area contributed by atoms with Crippen LogP contribution >= 0.6 is 0 Å². The number of carbonyl (C=O) groups is 1. The molecule has 4 aromatic rings. The number of aryl methyl sites for hydroxylation is 1. The molecule has 0 aliphatic carbocycles. The highest BCUT2D eigenvalue weighted by atomic mass is 16.5. The minimum Gasteiger partial charge on any atom is -0.497 e. The quantitative estimate of drug-likeness (QED) is 0.381. The third kappa shape index (κ3) is 5.50. The number of ether oxygens (including phenoxy) is 2. The summed E-state index contributed by atoms with van der Waals surface area (Å²) in [6, 6.07) is 25.2. The summed E-state index contributed by atoms with van der Waals surface area (Å²) in [4.78, 5) is 21.9. The molecule has 0 atom stereocenters. The van der Waals surface area contributed by atoms with Crippen molar-refractivity contribution in [2.24, 2.45) is 0 Å². The Hall–Kier alpha value is -4.39. The van der Waals surface area contributed by atoms with Gasteiger partial charge in [-0.3, -0.25) is 10.1 Å². The van der Waals surface area contributed by atoms with E-state index in [0.29, 0.717) is 17.2 Å². The Labute approximate surface area is 198 Å². The predicted octanol–water partition coefficient (Wildman–Crippen LogP) is 5.19. The van der Waals surface area contributed by atoms with Crippen LogP contribution in [0.4, 0.5) is 11.6 Å². The van der Waals surface area contributed by atoms with Crippen LogP contribution < -0.4 is 20.1 Å². The van der Waals surface area contributed by atoms with Crippen molar-refractivity contribution < 1.29 is 14.3 Å². The Kier molecular flexibility index (Phi) is 7.03. The first kappa shape index (κ1) is 22.8. The highest BCUT2D eigenvalue weighted by Gasteiger charge is 2.12. The molecule has 0 saturated heterocycles. The van der Waals surface area contributed by atoms with Crippen molar-refractivity contribution in [3.63, 3.8) is 0 Å². The van der Waals surface area contributed by atoms with E-state index >= 15 is 0 Å². The normalized spacial score (nSPS) is 10.4. The van der Waals surface area contributed by atoms with Gasteiger partial charge in [0.1, 0.15) is 11.5 Å². The fraction of sp³-hybridized carbons (Fsp3) is 0.148. The summed E-state index contributed by atoms with van der Waals surface area (Å²) >= 11 is 0. The van der Waals surface area contributed by atoms with Gasteiger partial charge < -0.3 is 14.8 Å². The van der Waals surface area contributed by atoms with E-state index in [0.717, 1.165) is 28.1 Å². The van der Waals surface area contributed by atoms with Gasteiger partial charge in [0.25, 0.3) is 0 Å². The van der Waals surface area contributed by atoms with E-state index in [1.807, 2.05) is 67.6 Å². The van der Waals surface area contributed by atoms with E-state index in [1.54, 1.807) is 32.4 Å². The molecule has 172 valence electrons. The zero-order valence-electron chi connectivity index (χ0n) is 19.3. The van der Waals surface area contributed by atoms with Crippen LogP contribution in [-0.4, -0.2) is 36.6 Å². The lowest BCUT2D eigenvalue weighted by Crippen LogP contribution is -2.23. The maximum absolute atomic E-state index is 12.7. The monoisotopic (exact) mass is 454 g/mol. The van der Waals surface area contributed by atoms with Crippen LogP contribution in [0.25, 0.3) is 22.5 Å². The molecule has 0 bridgehead atoms. The van der Waals surface area contributed by atoms with Crippen molar-refractivity contribution in [3.8, 4) is 34.0 Å². The average Bonchev–Trinajstić information content (AvgIpc) is 2.88. The average molecular weight is 455 g/mol. The molecule has 0 aliphatic rings. The number of amides is 1. The van der Waals surface area contributed by atoms with Gasteiger partial charge in [-0.05, 0) is 25.1 Å². The summed E-state index contributed by atoms with van der Waals surface area (Å²) in [5.74, 6) is 1.21. The van der Waals surface area contributed by atoms with Crippen molar-refractivity contribution in [1.29, 1.82) is 0 Å². The molecule has 1 heterocycles. The summed E-state index contributed by atoms with van der Waals surface area (Å²) in [6.45, 7) is 2.05. The van der Waals surface area contributed by atoms with Crippen molar-refractivity contribution in [3.05, 3.63) is 84.4 Å². The van der Waals surface area contributed by atoms with E-state index in [2.05, 4.69) is 20.6 Å². The Morgan fingerprint density at radius 3 is 2.15 bits per heavy atom. The SMILES string of the molecule is COc1ccc(NCC(=O)Nc2nc(-c3ccccc3)cc(-c3ccc(C)cc3)n2)c(OC)c1. The van der Waals surface area contributed by atoms with Crippen LogP contribution in [-0.2, 0) is 4.79 Å². The molecule has 0 spiro atoms. The lowest BCUT2D eigenvalue weighted by atomic mass is 10.1. The van der Waals surface area contributed by atoms with Gasteiger partial charge in [-0.15, -0.1) is 0 Å². The van der Waals surface area contributed by atoms with Crippen LogP contribution in [0.5, 0.6) is 11.5 Å². The molecule has 3 aromatic carbocycles. The molecule has 0 saturated carbocycles. The standard InChI is InChI=1S/C27H26N4O3/c1-18-9-11-20(12-10-18)24-16-23(19-7-5-4-6-8-19)29-27(30-24)31-26(32)17-28-22-14-13-21(33-2)15-25(22)34-3/h4-16,28H,17H2,1-3H3,(H,29,30,31,32). The van der Waals surface area contributed by atoms with Crippen LogP contribution in [0.1, 0.15) is 5.56 Å². The van der Waals surface area contributed by atoms with Crippen molar-refractivity contribution >= 4 is 17.5 Å². The zero-order chi connectivity index (χ0) is 23.9. The van der Waals surface area contributed by atoms with E-state index in [9.17, 15) is 4.79 Å². The molecular weight excluding hydrogens is 428 g/mol. The first-order valence-corrected chi connectivity index (χ1v) is 10.8. The number of benzene rings is 3. The molecule has 0 unspecified atom stereocenters. The third-order valence-corrected chi connectivity index (χ3v) is 5.24. The van der Waals surface area contributed by atoms with Gasteiger partial charge in [-0.2, -0.15) is 0 Å². The molecular formula is C27H26N4O3. The van der Waals surface area contributed by atoms with Crippen LogP contribution in [0.15, 0.2) is 78.9 Å². The second kappa shape index (κ2) is 10.5.